The maximum atomic E-state index is 13.2. The minimum atomic E-state index is -3.75. The number of nitrogens with two attached hydrogens (primary N) is 1. The lowest BCUT2D eigenvalue weighted by atomic mass is 10.1. The first-order valence-corrected chi connectivity index (χ1v) is 16.1. The number of sulfonamides is 1. The van der Waals surface area contributed by atoms with E-state index in [-0.39, 0.29) is 28.3 Å². The number of thioether (sulfide) groups is 1. The molecule has 0 bridgehead atoms. The fraction of sp³-hybridized carbons (Fsp3) is 0.222. The third-order valence-electron chi connectivity index (χ3n) is 6.28. The Labute approximate surface area is 243 Å². The summed E-state index contributed by atoms with van der Waals surface area (Å²) in [6.07, 6.45) is 2.83. The van der Waals surface area contributed by atoms with Gasteiger partial charge < -0.3 is 5.32 Å². The fourth-order valence-electron chi connectivity index (χ4n) is 4.22. The van der Waals surface area contributed by atoms with Crippen LogP contribution in [0.5, 0.6) is 0 Å². The van der Waals surface area contributed by atoms with Crippen LogP contribution in [0, 0.1) is 0 Å². The van der Waals surface area contributed by atoms with E-state index in [1.807, 2.05) is 11.4 Å². The van der Waals surface area contributed by atoms with E-state index in [2.05, 4.69) is 15.3 Å². The molecule has 0 saturated heterocycles. The SMILES string of the molecule is NS(=O)(=O)c1ccc(CCNC(=O)CCCn2c(SCc3cc(=O)n4ccccc4n3)nc3ccsc3c2=O)cc1. The molecule has 1 amide bonds. The maximum absolute atomic E-state index is 13.2. The van der Waals surface area contributed by atoms with Gasteiger partial charge in [-0.15, -0.1) is 11.3 Å². The van der Waals surface area contributed by atoms with Gasteiger partial charge >= 0.3 is 0 Å². The van der Waals surface area contributed by atoms with Crippen LogP contribution < -0.4 is 21.6 Å². The summed E-state index contributed by atoms with van der Waals surface area (Å²) in [6.45, 7) is 0.689. The van der Waals surface area contributed by atoms with Gasteiger partial charge in [-0.25, -0.2) is 23.5 Å². The van der Waals surface area contributed by atoms with Crippen LogP contribution >= 0.6 is 23.1 Å². The summed E-state index contributed by atoms with van der Waals surface area (Å²) in [7, 11) is -3.75. The number of aromatic nitrogens is 4. The Morgan fingerprint density at radius 2 is 1.88 bits per heavy atom. The quantitative estimate of drug-likeness (QED) is 0.171. The molecule has 4 heterocycles. The predicted molar refractivity (Wildman–Crippen MR) is 159 cm³/mol. The third-order valence-corrected chi connectivity index (χ3v) is 9.11. The van der Waals surface area contributed by atoms with Crippen molar-refractivity contribution >= 4 is 54.9 Å². The first-order chi connectivity index (χ1) is 19.7. The molecule has 0 fully saturated rings. The van der Waals surface area contributed by atoms with Crippen molar-refractivity contribution in [2.75, 3.05) is 6.54 Å². The van der Waals surface area contributed by atoms with Gasteiger partial charge in [-0.2, -0.15) is 0 Å². The van der Waals surface area contributed by atoms with Crippen LogP contribution in [0.1, 0.15) is 24.1 Å². The van der Waals surface area contributed by atoms with Gasteiger partial charge in [0.05, 0.1) is 16.1 Å². The number of hydrogen-bond acceptors (Lipinski definition) is 9. The normalized spacial score (nSPS) is 11.7. The topological polar surface area (TPSA) is 159 Å². The summed E-state index contributed by atoms with van der Waals surface area (Å²) in [4.78, 5) is 47.4. The summed E-state index contributed by atoms with van der Waals surface area (Å²) >= 11 is 2.65. The molecule has 0 aliphatic rings. The number of primary sulfonamides is 1. The van der Waals surface area contributed by atoms with Crippen molar-refractivity contribution < 1.29 is 13.2 Å². The highest BCUT2D eigenvalue weighted by atomic mass is 32.2. The molecule has 41 heavy (non-hydrogen) atoms. The predicted octanol–water partition coefficient (Wildman–Crippen LogP) is 2.54. The Bertz CT molecular complexity index is 1950. The summed E-state index contributed by atoms with van der Waals surface area (Å²) < 4.78 is 26.4. The Morgan fingerprint density at radius 1 is 1.07 bits per heavy atom. The van der Waals surface area contributed by atoms with Crippen LogP contribution in [-0.2, 0) is 33.5 Å². The van der Waals surface area contributed by atoms with Crippen molar-refractivity contribution in [2.24, 2.45) is 5.14 Å². The molecule has 0 aliphatic carbocycles. The monoisotopic (exact) mass is 610 g/mol. The molecule has 5 rings (SSSR count). The first-order valence-electron chi connectivity index (χ1n) is 12.7. The first kappa shape index (κ1) is 28.7. The standard InChI is InChI=1S/C27H26N6O5S3/c28-41(37,38)20-8-6-18(7-9-20)10-12-29-23(34)5-3-14-33-26(36)25-21(11-15-39-25)31-27(33)40-17-19-16-24(35)32-13-2-1-4-22(32)30-19/h1-2,4,6-9,11,13,15-16H,3,5,10,12,14,17H2,(H,29,34)(H2,28,37,38). The largest absolute Gasteiger partial charge is 0.356 e. The molecule has 0 aliphatic heterocycles. The van der Waals surface area contributed by atoms with Crippen molar-refractivity contribution in [2.45, 2.75) is 41.6 Å². The minimum Gasteiger partial charge on any atom is -0.356 e. The zero-order chi connectivity index (χ0) is 29.0. The average Bonchev–Trinajstić information content (AvgIpc) is 3.42. The molecule has 0 atom stereocenters. The lowest BCUT2D eigenvalue weighted by molar-refractivity contribution is -0.121. The van der Waals surface area contributed by atoms with E-state index in [1.165, 1.54) is 45.7 Å². The van der Waals surface area contributed by atoms with Gasteiger partial charge in [0, 0.05) is 37.5 Å². The van der Waals surface area contributed by atoms with Crippen LogP contribution in [0.25, 0.3) is 15.9 Å². The number of carbonyl (C=O) groups is 1. The second-order valence-electron chi connectivity index (χ2n) is 9.18. The average molecular weight is 611 g/mol. The number of nitrogens with one attached hydrogen (secondary N) is 1. The molecule has 14 heteroatoms. The molecule has 4 aromatic heterocycles. The zero-order valence-electron chi connectivity index (χ0n) is 21.7. The molecule has 0 radical (unpaired) electrons. The highest BCUT2D eigenvalue weighted by Crippen LogP contribution is 2.24. The van der Waals surface area contributed by atoms with Gasteiger partial charge in [-0.05, 0) is 54.1 Å². The second kappa shape index (κ2) is 12.3. The molecule has 11 nitrogen and oxygen atoms in total. The van der Waals surface area contributed by atoms with Gasteiger partial charge in [0.25, 0.3) is 11.1 Å². The number of thiophene rings is 1. The van der Waals surface area contributed by atoms with Crippen molar-refractivity contribution in [1.29, 1.82) is 0 Å². The van der Waals surface area contributed by atoms with Crippen LogP contribution in [0.4, 0.5) is 0 Å². The van der Waals surface area contributed by atoms with Crippen molar-refractivity contribution in [3.63, 3.8) is 0 Å². The van der Waals surface area contributed by atoms with Gasteiger partial charge in [0.15, 0.2) is 5.16 Å². The third kappa shape index (κ3) is 6.90. The van der Waals surface area contributed by atoms with Crippen LogP contribution in [0.3, 0.4) is 0 Å². The number of hydrogen-bond donors (Lipinski definition) is 2. The fourth-order valence-corrected chi connectivity index (χ4v) is 6.44. The summed E-state index contributed by atoms with van der Waals surface area (Å²) in [5.74, 6) is 0.195. The molecule has 5 aromatic rings. The molecule has 3 N–H and O–H groups in total. The number of amides is 1. The molecule has 0 spiro atoms. The molecular weight excluding hydrogens is 585 g/mol. The Kier molecular flexibility index (Phi) is 8.63. The Balaban J connectivity index is 1.20. The number of fused-ring (bicyclic) bond motifs is 2. The minimum absolute atomic E-state index is 0.0379. The van der Waals surface area contributed by atoms with Crippen LogP contribution in [-0.4, -0.2) is 39.8 Å². The molecule has 0 saturated carbocycles. The zero-order valence-corrected chi connectivity index (χ0v) is 24.2. The van der Waals surface area contributed by atoms with E-state index in [0.717, 1.165) is 5.56 Å². The van der Waals surface area contributed by atoms with Crippen LogP contribution in [0.15, 0.2) is 85.8 Å². The smallest absolute Gasteiger partial charge is 0.272 e. The van der Waals surface area contributed by atoms with Crippen molar-refractivity contribution in [3.05, 3.63) is 98.1 Å². The molecule has 0 unspecified atom stereocenters. The molecular formula is C27H26N6O5S3. The lowest BCUT2D eigenvalue weighted by Crippen LogP contribution is -2.27. The number of benzene rings is 1. The maximum Gasteiger partial charge on any atom is 0.272 e. The Morgan fingerprint density at radius 3 is 2.66 bits per heavy atom. The van der Waals surface area contributed by atoms with Crippen LogP contribution in [0.2, 0.25) is 0 Å². The van der Waals surface area contributed by atoms with E-state index >= 15 is 0 Å². The van der Waals surface area contributed by atoms with E-state index in [0.29, 0.717) is 58.4 Å². The van der Waals surface area contributed by atoms with E-state index in [9.17, 15) is 22.8 Å². The van der Waals surface area contributed by atoms with Gasteiger partial charge in [0.1, 0.15) is 10.3 Å². The van der Waals surface area contributed by atoms with Gasteiger partial charge in [-0.1, -0.05) is 30.0 Å². The van der Waals surface area contributed by atoms with Crippen molar-refractivity contribution in [1.82, 2.24) is 24.3 Å². The number of pyridine rings is 1. The van der Waals surface area contributed by atoms with E-state index in [1.54, 1.807) is 41.1 Å². The van der Waals surface area contributed by atoms with Crippen molar-refractivity contribution in [3.8, 4) is 0 Å². The molecule has 212 valence electrons. The summed E-state index contributed by atoms with van der Waals surface area (Å²) in [6, 6.07) is 14.8. The van der Waals surface area contributed by atoms with E-state index in [4.69, 9.17) is 5.14 Å². The van der Waals surface area contributed by atoms with Gasteiger partial charge in [-0.3, -0.25) is 23.4 Å². The summed E-state index contributed by atoms with van der Waals surface area (Å²) in [5, 5.41) is 10.3. The lowest BCUT2D eigenvalue weighted by Gasteiger charge is -2.12. The summed E-state index contributed by atoms with van der Waals surface area (Å²) in [5.41, 5.74) is 2.25. The number of carbonyl (C=O) groups excluding carboxylic acids is 1. The van der Waals surface area contributed by atoms with E-state index < -0.39 is 10.0 Å². The number of rotatable bonds is 11. The highest BCUT2D eigenvalue weighted by Gasteiger charge is 2.14. The number of nitrogens with zero attached hydrogens (tertiary/aromatic N) is 4. The molecule has 1 aromatic carbocycles. The highest BCUT2D eigenvalue weighted by molar-refractivity contribution is 7.98. The second-order valence-corrected chi connectivity index (χ2v) is 12.6. The van der Waals surface area contributed by atoms with Gasteiger partial charge in [0.2, 0.25) is 15.9 Å². The Hall–Kier alpha value is -3.85.